The largest absolute Gasteiger partial charge is 0.297 e. The average molecular weight is 456 g/mol. The van der Waals surface area contributed by atoms with E-state index in [0.717, 1.165) is 36.2 Å². The molecule has 3 aromatic rings. The molecule has 1 N–H and O–H groups in total. The van der Waals surface area contributed by atoms with E-state index in [-0.39, 0.29) is 23.3 Å². The minimum absolute atomic E-state index is 0.0117. The number of benzene rings is 1. The summed E-state index contributed by atoms with van der Waals surface area (Å²) in [5, 5.41) is 7.28. The predicted molar refractivity (Wildman–Crippen MR) is 125 cm³/mol. The third-order valence-electron chi connectivity index (χ3n) is 5.64. The molecule has 9 heteroatoms. The van der Waals surface area contributed by atoms with E-state index in [2.05, 4.69) is 32.4 Å². The fourth-order valence-corrected chi connectivity index (χ4v) is 4.96. The zero-order valence-electron chi connectivity index (χ0n) is 18.5. The summed E-state index contributed by atoms with van der Waals surface area (Å²) >= 11 is 0. The van der Waals surface area contributed by atoms with E-state index in [1.54, 1.807) is 4.52 Å². The summed E-state index contributed by atoms with van der Waals surface area (Å²) in [4.78, 5) is 18.6. The van der Waals surface area contributed by atoms with Crippen LogP contribution in [0.3, 0.4) is 0 Å². The van der Waals surface area contributed by atoms with Gasteiger partial charge in [-0.25, -0.2) is 12.9 Å². The maximum absolute atomic E-state index is 12.0. The molecule has 0 radical (unpaired) electrons. The minimum Gasteiger partial charge on any atom is -0.297 e. The Hall–Kier alpha value is -2.78. The molecule has 32 heavy (non-hydrogen) atoms. The van der Waals surface area contributed by atoms with Gasteiger partial charge in [-0.15, -0.1) is 5.10 Å². The Morgan fingerprint density at radius 1 is 1.06 bits per heavy atom. The molecule has 0 spiro atoms. The molecular formula is C23H29N5O3S. The predicted octanol–water partition coefficient (Wildman–Crippen LogP) is 3.00. The van der Waals surface area contributed by atoms with E-state index in [4.69, 9.17) is 0 Å². The van der Waals surface area contributed by atoms with Crippen molar-refractivity contribution >= 4 is 27.3 Å². The van der Waals surface area contributed by atoms with Crippen molar-refractivity contribution in [1.82, 2.24) is 19.5 Å². The molecule has 0 atom stereocenters. The van der Waals surface area contributed by atoms with Crippen LogP contribution in [0.25, 0.3) is 16.9 Å². The van der Waals surface area contributed by atoms with Crippen LogP contribution in [-0.2, 0) is 21.2 Å². The zero-order valence-corrected chi connectivity index (χ0v) is 19.3. The fourth-order valence-electron chi connectivity index (χ4n) is 3.68. The van der Waals surface area contributed by atoms with E-state index < -0.39 is 9.84 Å². The van der Waals surface area contributed by atoms with Gasteiger partial charge in [0.05, 0.1) is 17.2 Å². The molecular weight excluding hydrogens is 426 g/mol. The molecule has 0 unspecified atom stereocenters. The molecule has 1 aliphatic heterocycles. The highest BCUT2D eigenvalue weighted by Gasteiger charge is 2.30. The Labute approximate surface area is 188 Å². The van der Waals surface area contributed by atoms with Crippen LogP contribution in [0.15, 0.2) is 42.5 Å². The van der Waals surface area contributed by atoms with Crippen LogP contribution in [0.4, 0.5) is 5.95 Å². The molecule has 8 nitrogen and oxygen atoms in total. The van der Waals surface area contributed by atoms with Crippen molar-refractivity contribution in [3.8, 4) is 11.3 Å². The number of nitrogens with one attached hydrogen (secondary N) is 1. The van der Waals surface area contributed by atoms with Crippen LogP contribution in [0.1, 0.15) is 32.3 Å². The summed E-state index contributed by atoms with van der Waals surface area (Å²) in [6.07, 6.45) is 1.87. The Bertz CT molecular complexity index is 1190. The van der Waals surface area contributed by atoms with E-state index in [1.165, 1.54) is 0 Å². The Morgan fingerprint density at radius 2 is 1.75 bits per heavy atom. The van der Waals surface area contributed by atoms with Gasteiger partial charge in [0.15, 0.2) is 15.5 Å². The summed E-state index contributed by atoms with van der Waals surface area (Å²) in [6.45, 7) is 5.90. The number of nitrogens with zero attached hydrogens (tertiary/aromatic N) is 4. The summed E-state index contributed by atoms with van der Waals surface area (Å²) in [5.41, 5.74) is 3.71. The quantitative estimate of drug-likeness (QED) is 0.635. The van der Waals surface area contributed by atoms with E-state index in [1.807, 2.05) is 44.2 Å². The standard InChI is InChI=1S/C21H23N5O3S.C2H6/c27-20(17-8-9-17)23-21-22-19-3-1-2-18(26(19)24-21)16-6-4-15(5-7-16)14-25-10-12-30(28,29)13-11-25;1-2/h1-7,17H,8-14H2,(H,23,24,27);1-2H3. The van der Waals surface area contributed by atoms with Crippen molar-refractivity contribution in [2.45, 2.75) is 33.2 Å². The average Bonchev–Trinajstić information content (AvgIpc) is 3.57. The molecule has 2 fully saturated rings. The summed E-state index contributed by atoms with van der Waals surface area (Å²) in [7, 11) is -2.86. The van der Waals surface area contributed by atoms with E-state index >= 15 is 0 Å². The van der Waals surface area contributed by atoms with Gasteiger partial charge >= 0.3 is 0 Å². The smallest absolute Gasteiger partial charge is 0.249 e. The first-order chi connectivity index (χ1) is 15.5. The maximum atomic E-state index is 12.0. The van der Waals surface area contributed by atoms with Crippen LogP contribution >= 0.6 is 0 Å². The van der Waals surface area contributed by atoms with Crippen LogP contribution in [0, 0.1) is 5.92 Å². The first-order valence-electron chi connectivity index (χ1n) is 11.2. The lowest BCUT2D eigenvalue weighted by Crippen LogP contribution is -2.39. The second-order valence-corrected chi connectivity index (χ2v) is 10.3. The highest BCUT2D eigenvalue weighted by Crippen LogP contribution is 2.30. The van der Waals surface area contributed by atoms with Crippen molar-refractivity contribution in [3.05, 3.63) is 48.0 Å². The highest BCUT2D eigenvalue weighted by molar-refractivity contribution is 7.91. The first kappa shape index (κ1) is 22.4. The topological polar surface area (TPSA) is 96.7 Å². The van der Waals surface area contributed by atoms with Gasteiger partial charge in [-0.3, -0.25) is 15.0 Å². The van der Waals surface area contributed by atoms with Gasteiger partial charge in [-0.05, 0) is 30.5 Å². The molecule has 3 heterocycles. The number of rotatable bonds is 5. The van der Waals surface area contributed by atoms with E-state index in [9.17, 15) is 13.2 Å². The highest BCUT2D eigenvalue weighted by atomic mass is 32.2. The molecule has 2 aromatic heterocycles. The van der Waals surface area contributed by atoms with Crippen LogP contribution in [-0.4, -0.2) is 58.4 Å². The molecule has 1 saturated heterocycles. The van der Waals surface area contributed by atoms with Gasteiger partial charge in [-0.2, -0.15) is 4.98 Å². The number of sulfone groups is 1. The molecule has 170 valence electrons. The maximum Gasteiger partial charge on any atom is 0.249 e. The second kappa shape index (κ2) is 9.38. The number of pyridine rings is 1. The molecule has 1 saturated carbocycles. The number of amides is 1. The zero-order chi connectivity index (χ0) is 22.7. The normalized spacial score (nSPS) is 18.1. The van der Waals surface area contributed by atoms with Gasteiger partial charge in [0.25, 0.3) is 0 Å². The summed E-state index contributed by atoms with van der Waals surface area (Å²) < 4.78 is 24.9. The summed E-state index contributed by atoms with van der Waals surface area (Å²) in [6, 6.07) is 14.0. The van der Waals surface area contributed by atoms with Gasteiger partial charge in [0.2, 0.25) is 11.9 Å². The third-order valence-corrected chi connectivity index (χ3v) is 7.24. The van der Waals surface area contributed by atoms with Crippen molar-refractivity contribution in [1.29, 1.82) is 0 Å². The lowest BCUT2D eigenvalue weighted by atomic mass is 10.1. The number of carbonyl (C=O) groups is 1. The third kappa shape index (κ3) is 5.16. The van der Waals surface area contributed by atoms with Crippen LogP contribution < -0.4 is 5.32 Å². The van der Waals surface area contributed by atoms with Gasteiger partial charge in [0.1, 0.15) is 0 Å². The van der Waals surface area contributed by atoms with Crippen molar-refractivity contribution in [2.75, 3.05) is 29.9 Å². The van der Waals surface area contributed by atoms with Gasteiger partial charge in [-0.1, -0.05) is 44.2 Å². The molecule has 2 aliphatic rings. The van der Waals surface area contributed by atoms with E-state index in [0.29, 0.717) is 24.7 Å². The molecule has 1 aromatic carbocycles. The van der Waals surface area contributed by atoms with Crippen LogP contribution in [0.2, 0.25) is 0 Å². The minimum atomic E-state index is -2.86. The monoisotopic (exact) mass is 455 g/mol. The Balaban J connectivity index is 0.00000119. The van der Waals surface area contributed by atoms with Crippen molar-refractivity contribution in [2.24, 2.45) is 5.92 Å². The number of fused-ring (bicyclic) bond motifs is 1. The number of aromatic nitrogens is 3. The van der Waals surface area contributed by atoms with Crippen LogP contribution in [0.5, 0.6) is 0 Å². The molecule has 1 aliphatic carbocycles. The second-order valence-electron chi connectivity index (χ2n) is 8.00. The number of hydrogen-bond donors (Lipinski definition) is 1. The molecule has 5 rings (SSSR count). The number of hydrogen-bond acceptors (Lipinski definition) is 6. The number of carbonyl (C=O) groups excluding carboxylic acids is 1. The number of anilines is 1. The Morgan fingerprint density at radius 3 is 2.41 bits per heavy atom. The first-order valence-corrected chi connectivity index (χ1v) is 13.0. The van der Waals surface area contributed by atoms with Crippen molar-refractivity contribution in [3.63, 3.8) is 0 Å². The van der Waals surface area contributed by atoms with Crippen molar-refractivity contribution < 1.29 is 13.2 Å². The van der Waals surface area contributed by atoms with Gasteiger partial charge in [0, 0.05) is 31.1 Å². The lowest BCUT2D eigenvalue weighted by molar-refractivity contribution is -0.117. The molecule has 0 bridgehead atoms. The Kier molecular flexibility index (Phi) is 6.57. The molecule has 1 amide bonds. The summed E-state index contributed by atoms with van der Waals surface area (Å²) in [5.74, 6) is 0.889. The lowest BCUT2D eigenvalue weighted by Gasteiger charge is -2.26. The fraction of sp³-hybridized carbons (Fsp3) is 0.435. The SMILES string of the molecule is CC.O=C(Nc1nc2cccc(-c3ccc(CN4CCS(=O)(=O)CC4)cc3)n2n1)C1CC1. The van der Waals surface area contributed by atoms with Gasteiger partial charge < -0.3 is 0 Å².